The van der Waals surface area contributed by atoms with E-state index in [0.29, 0.717) is 21.8 Å². The Kier molecular flexibility index (Phi) is 4.36. The number of nitrogen functional groups attached to an aromatic ring is 1. The second kappa shape index (κ2) is 5.88. The number of carbonyl (C=O) groups is 1. The van der Waals surface area contributed by atoms with Gasteiger partial charge in [0.05, 0.1) is 10.2 Å². The van der Waals surface area contributed by atoms with E-state index in [4.69, 9.17) is 5.73 Å². The fourth-order valence-corrected chi connectivity index (χ4v) is 2.77. The van der Waals surface area contributed by atoms with E-state index >= 15 is 0 Å². The lowest BCUT2D eigenvalue weighted by Gasteiger charge is -2.23. The topological polar surface area (TPSA) is 59.2 Å². The summed E-state index contributed by atoms with van der Waals surface area (Å²) in [5, 5.41) is 0.357. The van der Waals surface area contributed by atoms with Gasteiger partial charge in [-0.2, -0.15) is 13.2 Å². The molecule has 2 rings (SSSR count). The number of nitrogens with two attached hydrogens (primary N) is 1. The Morgan fingerprint density at radius 1 is 1.43 bits per heavy atom. The summed E-state index contributed by atoms with van der Waals surface area (Å²) in [5.41, 5.74) is 6.41. The molecule has 2 N–H and O–H groups in total. The van der Waals surface area contributed by atoms with Crippen molar-refractivity contribution in [1.82, 2.24) is 9.88 Å². The molecule has 1 heterocycles. The number of fused-ring (bicyclic) bond motifs is 1. The van der Waals surface area contributed by atoms with Gasteiger partial charge in [0, 0.05) is 12.1 Å². The van der Waals surface area contributed by atoms with Crippen molar-refractivity contribution in [3.05, 3.63) is 23.8 Å². The molecule has 0 aliphatic rings. The number of alkyl halides is 3. The van der Waals surface area contributed by atoms with Crippen LogP contribution in [0.15, 0.2) is 18.2 Å². The average molecular weight is 317 g/mol. The summed E-state index contributed by atoms with van der Waals surface area (Å²) >= 11 is 1.20. The standard InChI is InChI=1S/C13H14F3N3OS/c1-2-5-19(7-13(14,15)16)11(20)8-3-4-9-10(6-8)21-12(17)18-9/h3-4,6H,2,5,7H2,1H3,(H2,17,18). The quantitative estimate of drug-likeness (QED) is 0.941. The molecule has 0 spiro atoms. The Morgan fingerprint density at radius 2 is 2.14 bits per heavy atom. The molecular weight excluding hydrogens is 303 g/mol. The van der Waals surface area contributed by atoms with Gasteiger partial charge in [-0.15, -0.1) is 0 Å². The van der Waals surface area contributed by atoms with E-state index < -0.39 is 18.6 Å². The number of amides is 1. The van der Waals surface area contributed by atoms with Gasteiger partial charge in [0.15, 0.2) is 5.13 Å². The third kappa shape index (κ3) is 3.84. The predicted octanol–water partition coefficient (Wildman–Crippen LogP) is 3.29. The van der Waals surface area contributed by atoms with Gasteiger partial charge in [-0.05, 0) is 24.6 Å². The molecule has 0 atom stereocenters. The summed E-state index contributed by atoms with van der Waals surface area (Å²) in [6.07, 6.45) is -3.96. The zero-order valence-electron chi connectivity index (χ0n) is 11.3. The number of benzene rings is 1. The third-order valence-electron chi connectivity index (χ3n) is 2.80. The second-order valence-electron chi connectivity index (χ2n) is 4.58. The molecule has 0 radical (unpaired) electrons. The molecule has 0 aliphatic heterocycles. The Bertz CT molecular complexity index is 654. The number of nitrogens with zero attached hydrogens (tertiary/aromatic N) is 2. The van der Waals surface area contributed by atoms with Gasteiger partial charge in [0.2, 0.25) is 0 Å². The summed E-state index contributed by atoms with van der Waals surface area (Å²) in [4.78, 5) is 17.1. The molecule has 8 heteroatoms. The predicted molar refractivity (Wildman–Crippen MR) is 76.3 cm³/mol. The fourth-order valence-electron chi connectivity index (χ4n) is 2.00. The van der Waals surface area contributed by atoms with E-state index in [2.05, 4.69) is 4.98 Å². The lowest BCUT2D eigenvalue weighted by atomic mass is 10.2. The summed E-state index contributed by atoms with van der Waals surface area (Å²) in [6.45, 7) is 0.535. The van der Waals surface area contributed by atoms with Crippen molar-refractivity contribution in [2.75, 3.05) is 18.8 Å². The first-order valence-corrected chi connectivity index (χ1v) is 7.14. The number of hydrogen-bond donors (Lipinski definition) is 1. The van der Waals surface area contributed by atoms with Crippen molar-refractivity contribution in [2.24, 2.45) is 0 Å². The largest absolute Gasteiger partial charge is 0.406 e. The Balaban J connectivity index is 2.28. The molecule has 2 aromatic rings. The van der Waals surface area contributed by atoms with Crippen LogP contribution >= 0.6 is 11.3 Å². The van der Waals surface area contributed by atoms with E-state index in [9.17, 15) is 18.0 Å². The maximum Gasteiger partial charge on any atom is 0.406 e. The molecule has 0 bridgehead atoms. The Hall–Kier alpha value is -1.83. The SMILES string of the molecule is CCCN(CC(F)(F)F)C(=O)c1ccc2nc(N)sc2c1. The van der Waals surface area contributed by atoms with Gasteiger partial charge in [-0.1, -0.05) is 18.3 Å². The van der Waals surface area contributed by atoms with Crippen LogP contribution in [-0.2, 0) is 0 Å². The number of halogens is 3. The van der Waals surface area contributed by atoms with Crippen LogP contribution in [0.4, 0.5) is 18.3 Å². The highest BCUT2D eigenvalue weighted by Crippen LogP contribution is 2.26. The first-order valence-electron chi connectivity index (χ1n) is 6.32. The summed E-state index contributed by atoms with van der Waals surface area (Å²) in [7, 11) is 0. The lowest BCUT2D eigenvalue weighted by Crippen LogP contribution is -2.39. The third-order valence-corrected chi connectivity index (χ3v) is 3.65. The number of anilines is 1. The summed E-state index contributed by atoms with van der Waals surface area (Å²) in [5.74, 6) is -0.636. The molecule has 1 aromatic carbocycles. The van der Waals surface area contributed by atoms with E-state index in [-0.39, 0.29) is 12.1 Å². The van der Waals surface area contributed by atoms with E-state index in [1.807, 2.05) is 0 Å². The van der Waals surface area contributed by atoms with Crippen LogP contribution in [0.3, 0.4) is 0 Å². The highest BCUT2D eigenvalue weighted by Gasteiger charge is 2.33. The van der Waals surface area contributed by atoms with Crippen LogP contribution < -0.4 is 5.73 Å². The molecule has 114 valence electrons. The Morgan fingerprint density at radius 3 is 2.76 bits per heavy atom. The number of rotatable bonds is 4. The van der Waals surface area contributed by atoms with Crippen molar-refractivity contribution < 1.29 is 18.0 Å². The van der Waals surface area contributed by atoms with E-state index in [1.165, 1.54) is 23.5 Å². The number of carbonyl (C=O) groups excluding carboxylic acids is 1. The minimum absolute atomic E-state index is 0.0568. The van der Waals surface area contributed by atoms with Crippen LogP contribution in [-0.4, -0.2) is 35.1 Å². The zero-order valence-corrected chi connectivity index (χ0v) is 12.1. The maximum absolute atomic E-state index is 12.5. The van der Waals surface area contributed by atoms with Crippen molar-refractivity contribution in [3.63, 3.8) is 0 Å². The number of aromatic nitrogens is 1. The highest BCUT2D eigenvalue weighted by atomic mass is 32.1. The van der Waals surface area contributed by atoms with Crippen molar-refractivity contribution in [1.29, 1.82) is 0 Å². The van der Waals surface area contributed by atoms with Crippen LogP contribution in [0.5, 0.6) is 0 Å². The lowest BCUT2D eigenvalue weighted by molar-refractivity contribution is -0.140. The van der Waals surface area contributed by atoms with Crippen LogP contribution in [0, 0.1) is 0 Å². The second-order valence-corrected chi connectivity index (χ2v) is 5.64. The van der Waals surface area contributed by atoms with E-state index in [0.717, 1.165) is 4.90 Å². The molecule has 0 unspecified atom stereocenters. The first kappa shape index (κ1) is 15.6. The van der Waals surface area contributed by atoms with Gasteiger partial charge in [-0.25, -0.2) is 4.98 Å². The molecule has 0 aliphatic carbocycles. The first-order chi connectivity index (χ1) is 9.80. The van der Waals surface area contributed by atoms with Gasteiger partial charge in [0.25, 0.3) is 5.91 Å². The average Bonchev–Trinajstić information content (AvgIpc) is 2.74. The molecule has 0 saturated carbocycles. The molecule has 1 amide bonds. The van der Waals surface area contributed by atoms with Crippen LogP contribution in [0.25, 0.3) is 10.2 Å². The smallest absolute Gasteiger partial charge is 0.375 e. The molecule has 21 heavy (non-hydrogen) atoms. The van der Waals surface area contributed by atoms with Gasteiger partial charge in [0.1, 0.15) is 6.54 Å². The maximum atomic E-state index is 12.5. The van der Waals surface area contributed by atoms with Crippen molar-refractivity contribution in [2.45, 2.75) is 19.5 Å². The minimum atomic E-state index is -4.41. The number of thiazole rings is 1. The number of hydrogen-bond acceptors (Lipinski definition) is 4. The minimum Gasteiger partial charge on any atom is -0.375 e. The van der Waals surface area contributed by atoms with Crippen LogP contribution in [0.2, 0.25) is 0 Å². The molecule has 0 fully saturated rings. The zero-order chi connectivity index (χ0) is 15.6. The van der Waals surface area contributed by atoms with E-state index in [1.54, 1.807) is 13.0 Å². The molecule has 0 saturated heterocycles. The molecule has 1 aromatic heterocycles. The highest BCUT2D eigenvalue weighted by molar-refractivity contribution is 7.22. The summed E-state index contributed by atoms with van der Waals surface area (Å²) in [6, 6.07) is 4.60. The Labute approximate surface area is 123 Å². The molecule has 4 nitrogen and oxygen atoms in total. The van der Waals surface area contributed by atoms with Gasteiger partial charge >= 0.3 is 6.18 Å². The fraction of sp³-hybridized carbons (Fsp3) is 0.385. The van der Waals surface area contributed by atoms with Crippen LogP contribution in [0.1, 0.15) is 23.7 Å². The van der Waals surface area contributed by atoms with Crippen molar-refractivity contribution in [3.8, 4) is 0 Å². The monoisotopic (exact) mass is 317 g/mol. The normalized spacial score (nSPS) is 11.8. The van der Waals surface area contributed by atoms with Crippen molar-refractivity contribution >= 4 is 32.6 Å². The van der Waals surface area contributed by atoms with Gasteiger partial charge in [-0.3, -0.25) is 4.79 Å². The van der Waals surface area contributed by atoms with Gasteiger partial charge < -0.3 is 10.6 Å². The molecular formula is C13H14F3N3OS. The summed E-state index contributed by atoms with van der Waals surface area (Å²) < 4.78 is 38.3.